The van der Waals surface area contributed by atoms with E-state index < -0.39 is 10.8 Å². The van der Waals surface area contributed by atoms with E-state index in [-0.39, 0.29) is 34.9 Å². The Bertz CT molecular complexity index is 715. The van der Waals surface area contributed by atoms with Crippen molar-refractivity contribution in [3.8, 4) is 0 Å². The van der Waals surface area contributed by atoms with Gasteiger partial charge in [-0.3, -0.25) is 29.9 Å². The maximum absolute atomic E-state index is 12.4. The number of hydrogen-bond donors (Lipinski definition) is 1. The van der Waals surface area contributed by atoms with Gasteiger partial charge >= 0.3 is 0 Å². The SMILES string of the molecule is C[C@@H]1CC[C@H]2C(=O)N(NC(=O)c3ccc([N+](=O)[O-])cc3)C(=O)[C@H]2C1. The summed E-state index contributed by atoms with van der Waals surface area (Å²) in [5.41, 5.74) is 2.34. The van der Waals surface area contributed by atoms with Crippen molar-refractivity contribution in [3.63, 3.8) is 0 Å². The molecule has 1 saturated heterocycles. The molecule has 1 N–H and O–H groups in total. The van der Waals surface area contributed by atoms with Gasteiger partial charge in [-0.15, -0.1) is 0 Å². The highest BCUT2D eigenvalue weighted by Gasteiger charge is 2.50. The Labute approximate surface area is 137 Å². The molecular weight excluding hydrogens is 314 g/mol. The van der Waals surface area contributed by atoms with Gasteiger partial charge in [0.05, 0.1) is 16.8 Å². The molecule has 1 saturated carbocycles. The van der Waals surface area contributed by atoms with Crippen LogP contribution < -0.4 is 5.43 Å². The van der Waals surface area contributed by atoms with Crippen molar-refractivity contribution >= 4 is 23.4 Å². The van der Waals surface area contributed by atoms with Crippen LogP contribution in [0.15, 0.2) is 24.3 Å². The number of amides is 3. The predicted octanol–water partition coefficient (Wildman–Crippen LogP) is 1.66. The van der Waals surface area contributed by atoms with E-state index >= 15 is 0 Å². The summed E-state index contributed by atoms with van der Waals surface area (Å²) in [5, 5.41) is 11.4. The molecule has 1 aliphatic heterocycles. The van der Waals surface area contributed by atoms with Crippen molar-refractivity contribution in [2.75, 3.05) is 0 Å². The lowest BCUT2D eigenvalue weighted by molar-refractivity contribution is -0.384. The number of carbonyl (C=O) groups excluding carboxylic acids is 3. The van der Waals surface area contributed by atoms with E-state index in [0.717, 1.165) is 11.4 Å². The number of nitro benzene ring substituents is 1. The molecule has 0 bridgehead atoms. The van der Waals surface area contributed by atoms with Gasteiger partial charge in [0.25, 0.3) is 23.4 Å². The van der Waals surface area contributed by atoms with E-state index in [9.17, 15) is 24.5 Å². The van der Waals surface area contributed by atoms with Crippen LogP contribution in [0.1, 0.15) is 36.5 Å². The summed E-state index contributed by atoms with van der Waals surface area (Å²) in [5.74, 6) is -1.71. The van der Waals surface area contributed by atoms with Crippen molar-refractivity contribution in [3.05, 3.63) is 39.9 Å². The number of benzene rings is 1. The number of imide groups is 1. The van der Waals surface area contributed by atoms with Crippen molar-refractivity contribution in [2.45, 2.75) is 26.2 Å². The van der Waals surface area contributed by atoms with Gasteiger partial charge in [0.2, 0.25) is 0 Å². The molecular formula is C16H17N3O5. The summed E-state index contributed by atoms with van der Waals surface area (Å²) in [6.07, 6.45) is 2.20. The highest BCUT2D eigenvalue weighted by Crippen LogP contribution is 2.39. The summed E-state index contributed by atoms with van der Waals surface area (Å²) in [6, 6.07) is 4.97. The molecule has 3 atom stereocenters. The summed E-state index contributed by atoms with van der Waals surface area (Å²) in [6.45, 7) is 2.05. The van der Waals surface area contributed by atoms with Crippen molar-refractivity contribution in [1.82, 2.24) is 10.4 Å². The Morgan fingerprint density at radius 1 is 1.17 bits per heavy atom. The average molecular weight is 331 g/mol. The number of nitrogens with zero attached hydrogens (tertiary/aromatic N) is 2. The number of hydrogen-bond acceptors (Lipinski definition) is 5. The van der Waals surface area contributed by atoms with Crippen LogP contribution in [0.2, 0.25) is 0 Å². The van der Waals surface area contributed by atoms with E-state index in [4.69, 9.17) is 0 Å². The minimum atomic E-state index is -0.640. The van der Waals surface area contributed by atoms with E-state index in [1.54, 1.807) is 0 Å². The Hall–Kier alpha value is -2.77. The van der Waals surface area contributed by atoms with Crippen LogP contribution in [0.25, 0.3) is 0 Å². The summed E-state index contributed by atoms with van der Waals surface area (Å²) >= 11 is 0. The number of carbonyl (C=O) groups is 3. The van der Waals surface area contributed by atoms with Gasteiger partial charge in [-0.25, -0.2) is 0 Å². The molecule has 1 aromatic carbocycles. The van der Waals surface area contributed by atoms with Crippen LogP contribution >= 0.6 is 0 Å². The standard InChI is InChI=1S/C16H17N3O5/c1-9-2-7-12-13(8-9)16(22)18(15(12)21)17-14(20)10-3-5-11(6-4-10)19(23)24/h3-6,9,12-13H,2,7-8H2,1H3,(H,17,20)/t9-,12-,13+/m1/s1. The van der Waals surface area contributed by atoms with Crippen molar-refractivity contribution in [2.24, 2.45) is 17.8 Å². The third-order valence-corrected chi connectivity index (χ3v) is 4.74. The lowest BCUT2D eigenvalue weighted by atomic mass is 9.76. The maximum atomic E-state index is 12.4. The predicted molar refractivity (Wildman–Crippen MR) is 82.4 cm³/mol. The molecule has 0 spiro atoms. The minimum Gasteiger partial charge on any atom is -0.272 e. The number of nitrogens with one attached hydrogen (secondary N) is 1. The number of nitro groups is 1. The Morgan fingerprint density at radius 3 is 2.42 bits per heavy atom. The smallest absolute Gasteiger partial charge is 0.270 e. The fourth-order valence-electron chi connectivity index (χ4n) is 3.40. The highest BCUT2D eigenvalue weighted by molar-refractivity contribution is 6.07. The zero-order chi connectivity index (χ0) is 17.4. The largest absolute Gasteiger partial charge is 0.272 e. The molecule has 2 aliphatic rings. The van der Waals surface area contributed by atoms with Crippen molar-refractivity contribution < 1.29 is 19.3 Å². The Kier molecular flexibility index (Phi) is 4.04. The van der Waals surface area contributed by atoms with Crippen LogP contribution in [0, 0.1) is 27.9 Å². The maximum Gasteiger partial charge on any atom is 0.270 e. The second-order valence-electron chi connectivity index (χ2n) is 6.39. The molecule has 1 aromatic rings. The Morgan fingerprint density at radius 2 is 1.79 bits per heavy atom. The molecule has 3 rings (SSSR count). The third kappa shape index (κ3) is 2.75. The van der Waals surface area contributed by atoms with E-state index in [1.165, 1.54) is 24.3 Å². The quantitative estimate of drug-likeness (QED) is 0.514. The zero-order valence-corrected chi connectivity index (χ0v) is 13.1. The van der Waals surface area contributed by atoms with Gasteiger partial charge in [-0.1, -0.05) is 6.92 Å². The second kappa shape index (κ2) is 6.03. The lowest BCUT2D eigenvalue weighted by Crippen LogP contribution is -2.46. The Balaban J connectivity index is 1.73. The van der Waals surface area contributed by atoms with Gasteiger partial charge in [-0.05, 0) is 37.3 Å². The summed E-state index contributed by atoms with van der Waals surface area (Å²) in [7, 11) is 0. The van der Waals surface area contributed by atoms with Crippen LogP contribution in [0.4, 0.5) is 5.69 Å². The lowest BCUT2D eigenvalue weighted by Gasteiger charge is -2.25. The number of fused-ring (bicyclic) bond motifs is 1. The molecule has 2 fully saturated rings. The van der Waals surface area contributed by atoms with Crippen LogP contribution in [0.3, 0.4) is 0 Å². The molecule has 8 heteroatoms. The normalized spacial score (nSPS) is 26.2. The molecule has 1 heterocycles. The molecule has 3 amide bonds. The third-order valence-electron chi connectivity index (χ3n) is 4.74. The monoisotopic (exact) mass is 331 g/mol. The summed E-state index contributed by atoms with van der Waals surface area (Å²) < 4.78 is 0. The summed E-state index contributed by atoms with van der Waals surface area (Å²) in [4.78, 5) is 47.0. The molecule has 1 aliphatic carbocycles. The molecule has 24 heavy (non-hydrogen) atoms. The number of non-ortho nitro benzene ring substituents is 1. The molecule has 0 aromatic heterocycles. The average Bonchev–Trinajstić information content (AvgIpc) is 2.79. The topological polar surface area (TPSA) is 110 Å². The molecule has 0 unspecified atom stereocenters. The van der Waals surface area contributed by atoms with Gasteiger partial charge in [0.15, 0.2) is 0 Å². The van der Waals surface area contributed by atoms with Crippen LogP contribution in [-0.4, -0.2) is 27.7 Å². The fourth-order valence-corrected chi connectivity index (χ4v) is 3.40. The zero-order valence-electron chi connectivity index (χ0n) is 13.1. The number of hydrazine groups is 1. The first-order valence-electron chi connectivity index (χ1n) is 7.81. The van der Waals surface area contributed by atoms with E-state index in [2.05, 4.69) is 5.43 Å². The molecule has 8 nitrogen and oxygen atoms in total. The van der Waals surface area contributed by atoms with Crippen LogP contribution in [-0.2, 0) is 9.59 Å². The first-order chi connectivity index (χ1) is 11.4. The fraction of sp³-hybridized carbons (Fsp3) is 0.438. The van der Waals surface area contributed by atoms with Crippen molar-refractivity contribution in [1.29, 1.82) is 0 Å². The molecule has 0 radical (unpaired) electrons. The van der Waals surface area contributed by atoms with E-state index in [1.807, 2.05) is 6.92 Å². The number of rotatable bonds is 3. The molecule has 126 valence electrons. The van der Waals surface area contributed by atoms with Gasteiger partial charge in [0.1, 0.15) is 0 Å². The van der Waals surface area contributed by atoms with Gasteiger partial charge in [-0.2, -0.15) is 5.01 Å². The van der Waals surface area contributed by atoms with E-state index in [0.29, 0.717) is 18.8 Å². The highest BCUT2D eigenvalue weighted by atomic mass is 16.6. The first-order valence-corrected chi connectivity index (χ1v) is 7.81. The first kappa shape index (κ1) is 16.1. The van der Waals surface area contributed by atoms with Gasteiger partial charge < -0.3 is 0 Å². The second-order valence-corrected chi connectivity index (χ2v) is 6.39. The van der Waals surface area contributed by atoms with Crippen LogP contribution in [0.5, 0.6) is 0 Å². The minimum absolute atomic E-state index is 0.139. The van der Waals surface area contributed by atoms with Gasteiger partial charge in [0, 0.05) is 17.7 Å².